The highest BCUT2D eigenvalue weighted by molar-refractivity contribution is 5.78. The molecule has 1 N–H and O–H groups in total. The predicted octanol–water partition coefficient (Wildman–Crippen LogP) is 2.32. The lowest BCUT2D eigenvalue weighted by Crippen LogP contribution is -2.23. The summed E-state index contributed by atoms with van der Waals surface area (Å²) in [4.78, 5) is 17.3. The van der Waals surface area contributed by atoms with Crippen molar-refractivity contribution in [2.24, 2.45) is 0 Å². The van der Waals surface area contributed by atoms with Gasteiger partial charge in [0, 0.05) is 38.7 Å². The van der Waals surface area contributed by atoms with E-state index in [1.54, 1.807) is 25.2 Å². The quantitative estimate of drug-likeness (QED) is 0.906. The van der Waals surface area contributed by atoms with E-state index in [1.165, 1.54) is 0 Å². The number of hydrogen-bond donors (Lipinski definition) is 1. The highest BCUT2D eigenvalue weighted by atomic mass is 16.2. The summed E-state index contributed by atoms with van der Waals surface area (Å²) in [5.74, 6) is 0.112. The topological polar surface area (TPSA) is 45.2 Å². The minimum atomic E-state index is 0.112. The lowest BCUT2D eigenvalue weighted by molar-refractivity contribution is -0.127. The van der Waals surface area contributed by atoms with Crippen molar-refractivity contribution in [3.8, 4) is 0 Å². The maximum Gasteiger partial charge on any atom is 0.226 e. The Balaban J connectivity index is 1.90. The van der Waals surface area contributed by atoms with Crippen molar-refractivity contribution in [3.05, 3.63) is 59.9 Å². The van der Waals surface area contributed by atoms with E-state index in [0.29, 0.717) is 6.42 Å². The average Bonchev–Trinajstić information content (AvgIpc) is 2.47. The minimum Gasteiger partial charge on any atom is -0.381 e. The summed E-state index contributed by atoms with van der Waals surface area (Å²) in [5, 5.41) is 3.33. The van der Waals surface area contributed by atoms with E-state index >= 15 is 0 Å². The molecule has 1 aromatic heterocycles. The van der Waals surface area contributed by atoms with E-state index in [0.717, 1.165) is 23.4 Å². The number of benzene rings is 1. The Morgan fingerprint density at radius 1 is 1.15 bits per heavy atom. The van der Waals surface area contributed by atoms with Crippen LogP contribution in [0.15, 0.2) is 48.8 Å². The number of rotatable bonds is 5. The molecule has 0 unspecified atom stereocenters. The lowest BCUT2D eigenvalue weighted by atomic mass is 10.1. The molecule has 0 aliphatic rings. The standard InChI is InChI=1S/C16H19N3O/c1-19(2)16(20)10-13-5-7-15(8-6-13)18-12-14-4-3-9-17-11-14/h3-9,11,18H,10,12H2,1-2H3. The maximum absolute atomic E-state index is 11.6. The molecule has 4 nitrogen and oxygen atoms in total. The molecule has 0 radical (unpaired) electrons. The number of nitrogens with zero attached hydrogens (tertiary/aromatic N) is 2. The van der Waals surface area contributed by atoms with Gasteiger partial charge >= 0.3 is 0 Å². The molecule has 0 aliphatic heterocycles. The number of nitrogens with one attached hydrogen (secondary N) is 1. The first kappa shape index (κ1) is 14.1. The molecule has 104 valence electrons. The second kappa shape index (κ2) is 6.70. The first-order valence-electron chi connectivity index (χ1n) is 6.57. The van der Waals surface area contributed by atoms with E-state index in [-0.39, 0.29) is 5.91 Å². The van der Waals surface area contributed by atoms with Gasteiger partial charge in [-0.25, -0.2) is 0 Å². The lowest BCUT2D eigenvalue weighted by Gasteiger charge is -2.11. The number of anilines is 1. The van der Waals surface area contributed by atoms with Gasteiger partial charge in [-0.15, -0.1) is 0 Å². The molecule has 1 aromatic carbocycles. The first-order valence-corrected chi connectivity index (χ1v) is 6.57. The van der Waals surface area contributed by atoms with Crippen LogP contribution in [0.1, 0.15) is 11.1 Å². The van der Waals surface area contributed by atoms with Crippen LogP contribution < -0.4 is 5.32 Å². The molecular formula is C16H19N3O. The number of carbonyl (C=O) groups excluding carboxylic acids is 1. The summed E-state index contributed by atoms with van der Waals surface area (Å²) in [5.41, 5.74) is 3.20. The summed E-state index contributed by atoms with van der Waals surface area (Å²) in [6, 6.07) is 11.9. The second-order valence-electron chi connectivity index (χ2n) is 4.88. The van der Waals surface area contributed by atoms with Gasteiger partial charge in [-0.2, -0.15) is 0 Å². The summed E-state index contributed by atoms with van der Waals surface area (Å²) in [7, 11) is 3.54. The number of pyridine rings is 1. The van der Waals surface area contributed by atoms with E-state index in [2.05, 4.69) is 10.3 Å². The van der Waals surface area contributed by atoms with E-state index in [9.17, 15) is 4.79 Å². The molecular weight excluding hydrogens is 250 g/mol. The fraction of sp³-hybridized carbons (Fsp3) is 0.250. The van der Waals surface area contributed by atoms with E-state index in [4.69, 9.17) is 0 Å². The van der Waals surface area contributed by atoms with Crippen LogP contribution in [0.5, 0.6) is 0 Å². The van der Waals surface area contributed by atoms with Gasteiger partial charge in [-0.3, -0.25) is 9.78 Å². The van der Waals surface area contributed by atoms with Gasteiger partial charge in [-0.1, -0.05) is 18.2 Å². The van der Waals surface area contributed by atoms with Crippen LogP contribution in [0.2, 0.25) is 0 Å². The largest absolute Gasteiger partial charge is 0.381 e. The molecule has 0 spiro atoms. The Morgan fingerprint density at radius 3 is 2.50 bits per heavy atom. The van der Waals surface area contributed by atoms with E-state index in [1.807, 2.05) is 42.6 Å². The Hall–Kier alpha value is -2.36. The highest BCUT2D eigenvalue weighted by Gasteiger charge is 2.05. The number of carbonyl (C=O) groups is 1. The number of amides is 1. The molecule has 0 bridgehead atoms. The van der Waals surface area contributed by atoms with Crippen molar-refractivity contribution in [1.82, 2.24) is 9.88 Å². The molecule has 0 saturated heterocycles. The number of aromatic nitrogens is 1. The summed E-state index contributed by atoms with van der Waals surface area (Å²) in [6.45, 7) is 0.740. The molecule has 2 aromatic rings. The van der Waals surface area contributed by atoms with Crippen LogP contribution >= 0.6 is 0 Å². The Kier molecular flexibility index (Phi) is 4.71. The zero-order chi connectivity index (χ0) is 14.4. The van der Waals surface area contributed by atoms with Crippen molar-refractivity contribution in [1.29, 1.82) is 0 Å². The van der Waals surface area contributed by atoms with Crippen LogP contribution in [0, 0.1) is 0 Å². The monoisotopic (exact) mass is 269 g/mol. The Bertz CT molecular complexity index is 550. The third-order valence-corrected chi connectivity index (χ3v) is 3.03. The van der Waals surface area contributed by atoms with Crippen molar-refractivity contribution >= 4 is 11.6 Å². The summed E-state index contributed by atoms with van der Waals surface area (Å²) in [6.07, 6.45) is 4.05. The van der Waals surface area contributed by atoms with Crippen LogP contribution in [0.4, 0.5) is 5.69 Å². The SMILES string of the molecule is CN(C)C(=O)Cc1ccc(NCc2cccnc2)cc1. The van der Waals surface area contributed by atoms with Gasteiger partial charge < -0.3 is 10.2 Å². The smallest absolute Gasteiger partial charge is 0.226 e. The van der Waals surface area contributed by atoms with Gasteiger partial charge in [0.1, 0.15) is 0 Å². The van der Waals surface area contributed by atoms with Gasteiger partial charge in [-0.05, 0) is 29.3 Å². The second-order valence-corrected chi connectivity index (χ2v) is 4.88. The number of hydrogen-bond acceptors (Lipinski definition) is 3. The molecule has 0 aliphatic carbocycles. The molecule has 0 atom stereocenters. The Labute approximate surface area is 119 Å². The third-order valence-electron chi connectivity index (χ3n) is 3.03. The van der Waals surface area contributed by atoms with Gasteiger partial charge in [0.05, 0.1) is 6.42 Å². The zero-order valence-electron chi connectivity index (χ0n) is 11.8. The van der Waals surface area contributed by atoms with Gasteiger partial charge in [0.25, 0.3) is 0 Å². The molecule has 2 rings (SSSR count). The van der Waals surface area contributed by atoms with Crippen molar-refractivity contribution in [3.63, 3.8) is 0 Å². The molecule has 20 heavy (non-hydrogen) atoms. The Morgan fingerprint density at radius 2 is 1.90 bits per heavy atom. The maximum atomic E-state index is 11.6. The van der Waals surface area contributed by atoms with Crippen molar-refractivity contribution in [2.75, 3.05) is 19.4 Å². The third kappa shape index (κ3) is 4.09. The summed E-state index contributed by atoms with van der Waals surface area (Å²) >= 11 is 0. The van der Waals surface area contributed by atoms with Crippen molar-refractivity contribution in [2.45, 2.75) is 13.0 Å². The molecule has 1 amide bonds. The van der Waals surface area contributed by atoms with Crippen LogP contribution in [-0.4, -0.2) is 29.9 Å². The van der Waals surface area contributed by atoms with Crippen LogP contribution in [0.25, 0.3) is 0 Å². The number of likely N-dealkylation sites (N-methyl/N-ethyl adjacent to an activating group) is 1. The highest BCUT2D eigenvalue weighted by Crippen LogP contribution is 2.12. The summed E-state index contributed by atoms with van der Waals surface area (Å²) < 4.78 is 0. The molecule has 0 saturated carbocycles. The molecule has 4 heteroatoms. The minimum absolute atomic E-state index is 0.112. The van der Waals surface area contributed by atoms with Gasteiger partial charge in [0.2, 0.25) is 5.91 Å². The van der Waals surface area contributed by atoms with Crippen molar-refractivity contribution < 1.29 is 4.79 Å². The fourth-order valence-electron chi connectivity index (χ4n) is 1.78. The molecule has 1 heterocycles. The molecule has 0 fully saturated rings. The zero-order valence-corrected chi connectivity index (χ0v) is 11.8. The fourth-order valence-corrected chi connectivity index (χ4v) is 1.78. The normalized spacial score (nSPS) is 10.1. The average molecular weight is 269 g/mol. The predicted molar refractivity (Wildman–Crippen MR) is 80.4 cm³/mol. The first-order chi connectivity index (χ1) is 9.65. The van der Waals surface area contributed by atoms with Crippen LogP contribution in [0.3, 0.4) is 0 Å². The van der Waals surface area contributed by atoms with E-state index < -0.39 is 0 Å². The van der Waals surface area contributed by atoms with Crippen LogP contribution in [-0.2, 0) is 17.8 Å². The van der Waals surface area contributed by atoms with Gasteiger partial charge in [0.15, 0.2) is 0 Å².